The molecule has 0 aliphatic heterocycles. The molecule has 0 aliphatic carbocycles. The Bertz CT molecular complexity index is 758. The smallest absolute Gasteiger partial charge is 0.325 e. The molecule has 0 fully saturated rings. The predicted octanol–water partition coefficient (Wildman–Crippen LogP) is 2.25. The molecular formula is C16H19ClN4O3. The van der Waals surface area contributed by atoms with Crippen molar-refractivity contribution in [3.05, 3.63) is 40.7 Å². The topological polar surface area (TPSA) is 77.3 Å². The van der Waals surface area contributed by atoms with Crippen LogP contribution >= 0.6 is 11.6 Å². The molecule has 1 aromatic carbocycles. The highest BCUT2D eigenvalue weighted by Gasteiger charge is 2.26. The highest BCUT2D eigenvalue weighted by molar-refractivity contribution is 6.30. The fraction of sp³-hybridized carbons (Fsp3) is 0.375. The third-order valence-electron chi connectivity index (χ3n) is 3.44. The number of ether oxygens (including phenoxy) is 1. The maximum Gasteiger partial charge on any atom is 0.325 e. The van der Waals surface area contributed by atoms with Gasteiger partial charge >= 0.3 is 5.97 Å². The van der Waals surface area contributed by atoms with Gasteiger partial charge in [0, 0.05) is 11.1 Å². The Hall–Kier alpha value is -2.41. The van der Waals surface area contributed by atoms with Gasteiger partial charge in [0.1, 0.15) is 6.54 Å². The number of benzene rings is 1. The molecule has 0 radical (unpaired) electrons. The van der Waals surface area contributed by atoms with E-state index in [-0.39, 0.29) is 24.2 Å². The molecule has 1 aromatic heterocycles. The standard InChI is InChI=1S/C16H19ClN4O3/c1-10(2)20(9-14(22)24-4)16(23)15-11(3)18-21(19-15)13-7-5-6-12(17)8-13/h5-8,10H,9H2,1-4H3. The molecule has 0 bridgehead atoms. The quantitative estimate of drug-likeness (QED) is 0.773. The molecule has 0 N–H and O–H groups in total. The second-order valence-electron chi connectivity index (χ2n) is 5.51. The first-order chi connectivity index (χ1) is 11.3. The number of esters is 1. The second kappa shape index (κ2) is 7.44. The Labute approximate surface area is 145 Å². The number of aryl methyl sites for hydroxylation is 1. The van der Waals surface area contributed by atoms with Crippen LogP contribution in [0, 0.1) is 6.92 Å². The van der Waals surface area contributed by atoms with E-state index in [1.165, 1.54) is 16.8 Å². The zero-order chi connectivity index (χ0) is 17.9. The summed E-state index contributed by atoms with van der Waals surface area (Å²) >= 11 is 5.97. The lowest BCUT2D eigenvalue weighted by atomic mass is 10.2. The summed E-state index contributed by atoms with van der Waals surface area (Å²) in [5.41, 5.74) is 1.30. The van der Waals surface area contributed by atoms with E-state index in [9.17, 15) is 9.59 Å². The number of carbonyl (C=O) groups excluding carboxylic acids is 2. The number of aromatic nitrogens is 3. The number of methoxy groups -OCH3 is 1. The van der Waals surface area contributed by atoms with Crippen molar-refractivity contribution in [2.75, 3.05) is 13.7 Å². The molecule has 2 aromatic rings. The van der Waals surface area contributed by atoms with Crippen LogP contribution in [0.5, 0.6) is 0 Å². The molecule has 1 amide bonds. The SMILES string of the molecule is COC(=O)CN(C(=O)c1nn(-c2cccc(Cl)c2)nc1C)C(C)C. The van der Waals surface area contributed by atoms with Crippen molar-refractivity contribution >= 4 is 23.5 Å². The van der Waals surface area contributed by atoms with Crippen molar-refractivity contribution in [2.45, 2.75) is 26.8 Å². The van der Waals surface area contributed by atoms with Gasteiger partial charge in [0.15, 0.2) is 5.69 Å². The van der Waals surface area contributed by atoms with Gasteiger partial charge in [-0.15, -0.1) is 5.10 Å². The van der Waals surface area contributed by atoms with E-state index in [0.29, 0.717) is 16.4 Å². The van der Waals surface area contributed by atoms with Gasteiger partial charge in [-0.1, -0.05) is 17.7 Å². The molecule has 128 valence electrons. The van der Waals surface area contributed by atoms with Crippen LogP contribution in [0.4, 0.5) is 0 Å². The molecule has 8 heteroatoms. The zero-order valence-electron chi connectivity index (χ0n) is 14.0. The zero-order valence-corrected chi connectivity index (χ0v) is 14.7. The normalized spacial score (nSPS) is 10.8. The van der Waals surface area contributed by atoms with Crippen molar-refractivity contribution in [3.63, 3.8) is 0 Å². The summed E-state index contributed by atoms with van der Waals surface area (Å²) in [5, 5.41) is 9.07. The van der Waals surface area contributed by atoms with E-state index in [2.05, 4.69) is 14.9 Å². The molecular weight excluding hydrogens is 332 g/mol. The number of rotatable bonds is 5. The van der Waals surface area contributed by atoms with Gasteiger partial charge < -0.3 is 9.64 Å². The van der Waals surface area contributed by atoms with E-state index in [4.69, 9.17) is 11.6 Å². The van der Waals surface area contributed by atoms with Gasteiger partial charge in [-0.2, -0.15) is 9.90 Å². The summed E-state index contributed by atoms with van der Waals surface area (Å²) in [6.45, 7) is 5.18. The molecule has 0 spiro atoms. The number of hydrogen-bond donors (Lipinski definition) is 0. The Kier molecular flexibility index (Phi) is 5.56. The van der Waals surface area contributed by atoms with Gasteiger partial charge in [0.2, 0.25) is 0 Å². The number of nitrogens with zero attached hydrogens (tertiary/aromatic N) is 4. The first kappa shape index (κ1) is 17.9. The Balaban J connectivity index is 2.34. The minimum Gasteiger partial charge on any atom is -0.468 e. The number of amides is 1. The average Bonchev–Trinajstić information content (AvgIpc) is 2.93. The van der Waals surface area contributed by atoms with Gasteiger partial charge in [-0.3, -0.25) is 9.59 Å². The van der Waals surface area contributed by atoms with Crippen LogP contribution in [-0.2, 0) is 9.53 Å². The Morgan fingerprint density at radius 2 is 2.04 bits per heavy atom. The molecule has 7 nitrogen and oxygen atoms in total. The maximum atomic E-state index is 12.7. The summed E-state index contributed by atoms with van der Waals surface area (Å²) in [5.74, 6) is -0.863. The molecule has 24 heavy (non-hydrogen) atoms. The first-order valence-corrected chi connectivity index (χ1v) is 7.79. The fourth-order valence-corrected chi connectivity index (χ4v) is 2.31. The van der Waals surface area contributed by atoms with Gasteiger partial charge in [0.05, 0.1) is 18.5 Å². The maximum absolute atomic E-state index is 12.7. The largest absolute Gasteiger partial charge is 0.468 e. The molecule has 0 unspecified atom stereocenters. The van der Waals surface area contributed by atoms with E-state index in [0.717, 1.165) is 0 Å². The fourth-order valence-electron chi connectivity index (χ4n) is 2.12. The first-order valence-electron chi connectivity index (χ1n) is 7.41. The monoisotopic (exact) mass is 350 g/mol. The summed E-state index contributed by atoms with van der Waals surface area (Å²) in [4.78, 5) is 27.0. The Morgan fingerprint density at radius 1 is 1.33 bits per heavy atom. The van der Waals surface area contributed by atoms with Crippen molar-refractivity contribution in [3.8, 4) is 5.69 Å². The third-order valence-corrected chi connectivity index (χ3v) is 3.67. The van der Waals surface area contributed by atoms with E-state index in [1.807, 2.05) is 13.8 Å². The molecule has 0 saturated heterocycles. The molecule has 2 rings (SSSR count). The number of halogens is 1. The van der Waals surface area contributed by atoms with E-state index in [1.54, 1.807) is 31.2 Å². The van der Waals surface area contributed by atoms with Gasteiger partial charge in [-0.05, 0) is 39.0 Å². The highest BCUT2D eigenvalue weighted by Crippen LogP contribution is 2.16. The van der Waals surface area contributed by atoms with Crippen molar-refractivity contribution < 1.29 is 14.3 Å². The average molecular weight is 351 g/mol. The molecule has 0 atom stereocenters. The summed E-state index contributed by atoms with van der Waals surface area (Å²) in [6.07, 6.45) is 0. The van der Waals surface area contributed by atoms with Crippen LogP contribution < -0.4 is 0 Å². The Morgan fingerprint density at radius 3 is 2.62 bits per heavy atom. The third kappa shape index (κ3) is 3.91. The van der Waals surface area contributed by atoms with Crippen LogP contribution in [-0.4, -0.2) is 51.5 Å². The molecule has 0 aliphatic rings. The lowest BCUT2D eigenvalue weighted by Gasteiger charge is -2.24. The highest BCUT2D eigenvalue weighted by atomic mass is 35.5. The second-order valence-corrected chi connectivity index (χ2v) is 5.94. The summed E-state index contributed by atoms with van der Waals surface area (Å²) in [6, 6.07) is 6.81. The van der Waals surface area contributed by atoms with Crippen LogP contribution in [0.1, 0.15) is 30.0 Å². The van der Waals surface area contributed by atoms with Crippen molar-refractivity contribution in [2.24, 2.45) is 0 Å². The van der Waals surface area contributed by atoms with E-state index < -0.39 is 5.97 Å². The lowest BCUT2D eigenvalue weighted by Crippen LogP contribution is -2.41. The predicted molar refractivity (Wildman–Crippen MR) is 89.3 cm³/mol. The number of carbonyl (C=O) groups is 2. The number of hydrogen-bond acceptors (Lipinski definition) is 5. The minimum atomic E-state index is -0.489. The lowest BCUT2D eigenvalue weighted by molar-refractivity contribution is -0.141. The van der Waals surface area contributed by atoms with Crippen molar-refractivity contribution in [1.29, 1.82) is 0 Å². The van der Waals surface area contributed by atoms with Crippen molar-refractivity contribution in [1.82, 2.24) is 19.9 Å². The van der Waals surface area contributed by atoms with E-state index >= 15 is 0 Å². The van der Waals surface area contributed by atoms with Crippen LogP contribution in [0.25, 0.3) is 5.69 Å². The van der Waals surface area contributed by atoms with Gasteiger partial charge in [0.25, 0.3) is 5.91 Å². The van der Waals surface area contributed by atoms with Crippen LogP contribution in [0.2, 0.25) is 5.02 Å². The summed E-state index contributed by atoms with van der Waals surface area (Å²) in [7, 11) is 1.28. The minimum absolute atomic E-state index is 0.142. The molecule has 0 saturated carbocycles. The van der Waals surface area contributed by atoms with Crippen LogP contribution in [0.3, 0.4) is 0 Å². The van der Waals surface area contributed by atoms with Gasteiger partial charge in [-0.25, -0.2) is 0 Å². The summed E-state index contributed by atoms with van der Waals surface area (Å²) < 4.78 is 4.65. The van der Waals surface area contributed by atoms with Crippen LogP contribution in [0.15, 0.2) is 24.3 Å². The molecule has 1 heterocycles.